The minimum absolute atomic E-state index is 0.0348. The van der Waals surface area contributed by atoms with E-state index in [0.717, 1.165) is 30.8 Å². The molecular weight excluding hydrogens is 616 g/mol. The predicted molar refractivity (Wildman–Crippen MR) is 175 cm³/mol. The molecule has 0 amide bonds. The lowest BCUT2D eigenvalue weighted by Gasteiger charge is -2.26. The van der Waals surface area contributed by atoms with Crippen molar-refractivity contribution in [3.63, 3.8) is 0 Å². The molecule has 0 unspecified atom stereocenters. The van der Waals surface area contributed by atoms with E-state index in [9.17, 15) is 9.90 Å². The Hall–Kier alpha value is -4.96. The number of aromatic nitrogens is 7. The number of anilines is 2. The Labute approximate surface area is 276 Å². The number of hydrogen-bond donors (Lipinski definition) is 3. The molecule has 2 fully saturated rings. The van der Waals surface area contributed by atoms with Gasteiger partial charge in [0.2, 0.25) is 5.95 Å². The van der Waals surface area contributed by atoms with Crippen molar-refractivity contribution in [1.82, 2.24) is 39.4 Å². The van der Waals surface area contributed by atoms with E-state index < -0.39 is 24.5 Å². The Morgan fingerprint density at radius 3 is 2.38 bits per heavy atom. The van der Waals surface area contributed by atoms with Gasteiger partial charge in [-0.2, -0.15) is 25.0 Å². The minimum atomic E-state index is -1.15. The van der Waals surface area contributed by atoms with Crippen LogP contribution >= 0.6 is 0 Å². The summed E-state index contributed by atoms with van der Waals surface area (Å²) in [5.74, 6) is 0.973. The Bertz CT molecular complexity index is 1710. The van der Waals surface area contributed by atoms with Gasteiger partial charge < -0.3 is 30.0 Å². The third-order valence-corrected chi connectivity index (χ3v) is 8.72. The van der Waals surface area contributed by atoms with Crippen molar-refractivity contribution in [2.24, 2.45) is 0 Å². The lowest BCUT2D eigenvalue weighted by molar-refractivity contribution is -0.142. The third kappa shape index (κ3) is 6.99. The van der Waals surface area contributed by atoms with Gasteiger partial charge >= 0.3 is 0 Å². The molecule has 5 heterocycles. The number of carbonyl (C=O) groups is 1. The molecule has 3 N–H and O–H groups in total. The van der Waals surface area contributed by atoms with E-state index in [1.54, 1.807) is 23.3 Å². The number of aliphatic hydroxyl groups excluding tert-OH is 1. The number of morpholine rings is 1. The molecule has 0 aliphatic carbocycles. The van der Waals surface area contributed by atoms with Crippen molar-refractivity contribution in [2.45, 2.75) is 37.0 Å². The van der Waals surface area contributed by atoms with E-state index in [0.29, 0.717) is 55.7 Å². The maximum Gasteiger partial charge on any atom is 0.293 e. The average molecular weight is 655 g/mol. The molecule has 15 nitrogen and oxygen atoms in total. The van der Waals surface area contributed by atoms with Crippen LogP contribution in [0.25, 0.3) is 11.2 Å². The van der Waals surface area contributed by atoms with E-state index in [1.807, 2.05) is 36.4 Å². The molecule has 48 heavy (non-hydrogen) atoms. The van der Waals surface area contributed by atoms with Gasteiger partial charge in [0.1, 0.15) is 12.2 Å². The zero-order valence-electron chi connectivity index (χ0n) is 26.3. The number of hydrogen-bond acceptors (Lipinski definition) is 13. The van der Waals surface area contributed by atoms with Crippen molar-refractivity contribution in [1.29, 1.82) is 0 Å². The first-order valence-electron chi connectivity index (χ1n) is 16.1. The molecule has 0 spiro atoms. The number of nitrogens with zero attached hydrogens (tertiary/aromatic N) is 8. The summed E-state index contributed by atoms with van der Waals surface area (Å²) in [6.07, 6.45) is 0.813. The fourth-order valence-corrected chi connectivity index (χ4v) is 6.26. The monoisotopic (exact) mass is 654 g/mol. The molecule has 2 aliphatic heterocycles. The number of benzene rings is 2. The summed E-state index contributed by atoms with van der Waals surface area (Å²) in [4.78, 5) is 29.7. The highest BCUT2D eigenvalue weighted by Gasteiger charge is 2.47. The van der Waals surface area contributed by atoms with Crippen LogP contribution in [0.1, 0.15) is 23.3 Å². The molecule has 15 heteroatoms. The fraction of sp³-hybridized carbons (Fsp3) is 0.394. The van der Waals surface area contributed by atoms with Crippen LogP contribution in [0.4, 0.5) is 11.8 Å². The van der Waals surface area contributed by atoms with Gasteiger partial charge in [-0.1, -0.05) is 60.7 Å². The number of nitrogens with one attached hydrogen (secondary N) is 2. The van der Waals surface area contributed by atoms with Crippen molar-refractivity contribution < 1.29 is 24.1 Å². The van der Waals surface area contributed by atoms with E-state index >= 15 is 0 Å². The zero-order chi connectivity index (χ0) is 32.7. The van der Waals surface area contributed by atoms with E-state index in [2.05, 4.69) is 50.0 Å². The topological polar surface area (TPSA) is 167 Å². The summed E-state index contributed by atoms with van der Waals surface area (Å²) < 4.78 is 18.8. The quantitative estimate of drug-likeness (QED) is 0.149. The molecular formula is C33H38N10O5. The summed E-state index contributed by atoms with van der Waals surface area (Å²) in [5, 5.41) is 26.3. The van der Waals surface area contributed by atoms with E-state index in [-0.39, 0.29) is 12.5 Å². The van der Waals surface area contributed by atoms with Crippen molar-refractivity contribution in [3.8, 4) is 0 Å². The first kappa shape index (κ1) is 31.6. The van der Waals surface area contributed by atoms with Crippen LogP contribution in [-0.2, 0) is 25.5 Å². The molecule has 5 aromatic rings. The van der Waals surface area contributed by atoms with Crippen molar-refractivity contribution >= 4 is 29.4 Å². The molecule has 2 aromatic carbocycles. The van der Waals surface area contributed by atoms with Gasteiger partial charge in [0, 0.05) is 38.6 Å². The first-order chi connectivity index (χ1) is 23.7. The SMILES string of the molecule is O=CO[C@@H]1[C@H](O)[C@@H](Cn2nccn2)O[C@H]1n1cnc2c(NCC(c3ccccc3)c3ccccc3)nc(NCCN3CCOCC3)nc21. The van der Waals surface area contributed by atoms with Crippen LogP contribution in [0.5, 0.6) is 0 Å². The molecule has 4 atom stereocenters. The number of rotatable bonds is 14. The lowest BCUT2D eigenvalue weighted by Crippen LogP contribution is -2.39. The van der Waals surface area contributed by atoms with E-state index in [4.69, 9.17) is 29.2 Å². The van der Waals surface area contributed by atoms with Crippen LogP contribution in [-0.4, -0.2) is 115 Å². The molecule has 0 bridgehead atoms. The fourth-order valence-electron chi connectivity index (χ4n) is 6.26. The maximum atomic E-state index is 11.5. The molecule has 2 aliphatic rings. The number of fused-ring (bicyclic) bond motifs is 1. The van der Waals surface area contributed by atoms with Gasteiger partial charge in [-0.3, -0.25) is 14.3 Å². The van der Waals surface area contributed by atoms with Crippen LogP contribution in [0.2, 0.25) is 0 Å². The Morgan fingerprint density at radius 2 is 1.69 bits per heavy atom. The Kier molecular flexibility index (Phi) is 9.79. The lowest BCUT2D eigenvalue weighted by atomic mass is 9.91. The standard InChI is InChI=1S/C33H38N10O5/c44-22-47-29-28(45)26(20-43-37-11-12-38-43)48-32(29)42-21-36-27-30(39-33(40-31(27)42)34-13-14-41-15-17-46-18-16-41)35-19-25(23-7-3-1-4-8-23)24-9-5-2-6-10-24/h1-12,21-22,25-26,28-29,32,45H,13-20H2,(H2,34,35,39,40)/t26-,28-,29-,32-/m1/s1. The van der Waals surface area contributed by atoms with Crippen LogP contribution in [0.15, 0.2) is 79.4 Å². The van der Waals surface area contributed by atoms with Gasteiger partial charge in [-0.15, -0.1) is 0 Å². The maximum absolute atomic E-state index is 11.5. The third-order valence-electron chi connectivity index (χ3n) is 8.72. The smallest absolute Gasteiger partial charge is 0.293 e. The Balaban J connectivity index is 1.20. The highest BCUT2D eigenvalue weighted by Crippen LogP contribution is 2.35. The summed E-state index contributed by atoms with van der Waals surface area (Å²) in [5.41, 5.74) is 3.28. The number of carbonyl (C=O) groups excluding carboxylic acids is 1. The van der Waals surface area contributed by atoms with Gasteiger partial charge in [-0.25, -0.2) is 4.98 Å². The van der Waals surface area contributed by atoms with Gasteiger partial charge in [0.15, 0.2) is 29.3 Å². The second-order valence-electron chi connectivity index (χ2n) is 11.7. The highest BCUT2D eigenvalue weighted by atomic mass is 16.6. The molecule has 0 saturated carbocycles. The molecule has 3 aromatic heterocycles. The predicted octanol–water partition coefficient (Wildman–Crippen LogP) is 1.91. The molecule has 7 rings (SSSR count). The molecule has 250 valence electrons. The summed E-state index contributed by atoms with van der Waals surface area (Å²) in [6.45, 7) is 5.60. The van der Waals surface area contributed by atoms with Crippen LogP contribution in [0, 0.1) is 0 Å². The van der Waals surface area contributed by atoms with Crippen molar-refractivity contribution in [2.75, 3.05) is 56.6 Å². The van der Waals surface area contributed by atoms with E-state index in [1.165, 1.54) is 4.80 Å². The normalized spacial score (nSPS) is 21.5. The zero-order valence-corrected chi connectivity index (χ0v) is 26.3. The number of imidazole rings is 1. The van der Waals surface area contributed by atoms with Crippen LogP contribution in [0.3, 0.4) is 0 Å². The summed E-state index contributed by atoms with van der Waals surface area (Å²) in [7, 11) is 0. The van der Waals surface area contributed by atoms with Gasteiger partial charge in [0.05, 0.1) is 38.5 Å². The molecule has 0 radical (unpaired) electrons. The second kappa shape index (κ2) is 14.9. The average Bonchev–Trinajstić information content (AvgIpc) is 3.87. The van der Waals surface area contributed by atoms with Gasteiger partial charge in [0.25, 0.3) is 6.47 Å². The first-order valence-corrected chi connectivity index (χ1v) is 16.1. The summed E-state index contributed by atoms with van der Waals surface area (Å²) in [6, 6.07) is 20.6. The molecule has 2 saturated heterocycles. The minimum Gasteiger partial charge on any atom is -0.457 e. The largest absolute Gasteiger partial charge is 0.457 e. The van der Waals surface area contributed by atoms with Gasteiger partial charge in [-0.05, 0) is 11.1 Å². The summed E-state index contributed by atoms with van der Waals surface area (Å²) >= 11 is 0. The second-order valence-corrected chi connectivity index (χ2v) is 11.7. The highest BCUT2D eigenvalue weighted by molar-refractivity contribution is 5.84. The Morgan fingerprint density at radius 1 is 0.979 bits per heavy atom. The number of ether oxygens (including phenoxy) is 3. The van der Waals surface area contributed by atoms with Crippen molar-refractivity contribution in [3.05, 3.63) is 90.5 Å². The number of aliphatic hydroxyl groups is 1. The van der Waals surface area contributed by atoms with Crippen LogP contribution < -0.4 is 10.6 Å².